The molecule has 1 aliphatic heterocycles. The molecule has 1 aromatic heterocycles. The van der Waals surface area contributed by atoms with Crippen LogP contribution in [-0.2, 0) is 14.0 Å². The highest BCUT2D eigenvalue weighted by Crippen LogP contribution is 2.39. The van der Waals surface area contributed by atoms with Crippen LogP contribution in [0.5, 0.6) is 0 Å². The van der Waals surface area contributed by atoms with Crippen molar-refractivity contribution >= 4 is 31.8 Å². The van der Waals surface area contributed by atoms with E-state index in [1.165, 1.54) is 7.11 Å². The summed E-state index contributed by atoms with van der Waals surface area (Å²) < 4.78 is 16.7. The van der Waals surface area contributed by atoms with E-state index in [4.69, 9.17) is 14.0 Å². The first-order valence-electron chi connectivity index (χ1n) is 7.00. The van der Waals surface area contributed by atoms with E-state index in [-0.39, 0.29) is 0 Å². The maximum Gasteiger partial charge on any atom is 0.491 e. The van der Waals surface area contributed by atoms with Crippen LogP contribution in [-0.4, -0.2) is 47.3 Å². The SMILES string of the molecule is COC(=O)c1[nH]ncc1C=C(CS)B1OC(C)(C)C(C)(C)O1. The molecule has 0 aliphatic carbocycles. The number of carbonyl (C=O) groups is 1. The molecule has 1 fully saturated rings. The predicted octanol–water partition coefficient (Wildman–Crippen LogP) is 2.14. The molecule has 0 aromatic carbocycles. The smallest absolute Gasteiger partial charge is 0.464 e. The number of nitrogens with zero attached hydrogens (tertiary/aromatic N) is 1. The van der Waals surface area contributed by atoms with Gasteiger partial charge < -0.3 is 14.0 Å². The van der Waals surface area contributed by atoms with Gasteiger partial charge in [-0.25, -0.2) is 4.79 Å². The average molecular weight is 324 g/mol. The number of nitrogens with one attached hydrogen (secondary N) is 1. The summed E-state index contributed by atoms with van der Waals surface area (Å²) in [5, 5.41) is 6.52. The molecular weight excluding hydrogens is 303 g/mol. The van der Waals surface area contributed by atoms with Gasteiger partial charge in [-0.3, -0.25) is 5.10 Å². The van der Waals surface area contributed by atoms with Crippen molar-refractivity contribution < 1.29 is 18.8 Å². The Morgan fingerprint density at radius 3 is 2.50 bits per heavy atom. The summed E-state index contributed by atoms with van der Waals surface area (Å²) in [5.41, 5.74) is 0.861. The predicted molar refractivity (Wildman–Crippen MR) is 87.8 cm³/mol. The monoisotopic (exact) mass is 324 g/mol. The van der Waals surface area contributed by atoms with Crippen LogP contribution in [0.1, 0.15) is 43.7 Å². The second-order valence-electron chi connectivity index (χ2n) is 6.16. The Morgan fingerprint density at radius 2 is 2.00 bits per heavy atom. The third-order valence-electron chi connectivity index (χ3n) is 4.14. The minimum atomic E-state index is -0.511. The zero-order valence-corrected chi connectivity index (χ0v) is 14.4. The maximum absolute atomic E-state index is 11.7. The third-order valence-corrected chi connectivity index (χ3v) is 4.50. The fraction of sp³-hybridized carbons (Fsp3) is 0.571. The van der Waals surface area contributed by atoms with Crippen molar-refractivity contribution in [2.45, 2.75) is 38.9 Å². The molecule has 6 nitrogen and oxygen atoms in total. The van der Waals surface area contributed by atoms with Gasteiger partial charge in [0, 0.05) is 11.3 Å². The summed E-state index contributed by atoms with van der Waals surface area (Å²) in [6, 6.07) is 0. The van der Waals surface area contributed by atoms with Gasteiger partial charge >= 0.3 is 13.1 Å². The standard InChI is InChI=1S/C14H21BN2O4S/c1-13(2)14(3,4)21-15(20-13)10(8-22)6-9-7-16-17-11(9)12(18)19-5/h6-7,22H,8H2,1-5H3,(H,16,17). The van der Waals surface area contributed by atoms with E-state index in [1.54, 1.807) is 12.3 Å². The Kier molecular flexibility index (Phi) is 4.74. The number of methoxy groups -OCH3 is 1. The molecule has 8 heteroatoms. The van der Waals surface area contributed by atoms with Gasteiger partial charge in [0.2, 0.25) is 0 Å². The summed E-state index contributed by atoms with van der Waals surface area (Å²) in [4.78, 5) is 11.7. The van der Waals surface area contributed by atoms with Crippen LogP contribution in [0, 0.1) is 0 Å². The Balaban J connectivity index is 2.30. The molecule has 1 aromatic rings. The molecule has 1 aliphatic rings. The zero-order valence-electron chi connectivity index (χ0n) is 13.5. The van der Waals surface area contributed by atoms with Crippen LogP contribution >= 0.6 is 12.6 Å². The topological polar surface area (TPSA) is 73.4 Å². The van der Waals surface area contributed by atoms with Crippen molar-refractivity contribution in [1.82, 2.24) is 10.2 Å². The van der Waals surface area contributed by atoms with E-state index in [1.807, 2.05) is 27.7 Å². The fourth-order valence-corrected chi connectivity index (χ4v) is 2.29. The maximum atomic E-state index is 11.7. The van der Waals surface area contributed by atoms with Crippen LogP contribution in [0.3, 0.4) is 0 Å². The lowest BCUT2D eigenvalue weighted by Crippen LogP contribution is -2.41. The van der Waals surface area contributed by atoms with E-state index in [2.05, 4.69) is 22.8 Å². The van der Waals surface area contributed by atoms with Gasteiger partial charge in [0.15, 0.2) is 5.69 Å². The number of aromatic amines is 1. The fourth-order valence-electron chi connectivity index (χ4n) is 2.05. The van der Waals surface area contributed by atoms with Crippen LogP contribution in [0.4, 0.5) is 0 Å². The summed E-state index contributed by atoms with van der Waals surface area (Å²) in [6.45, 7) is 7.95. The molecular formula is C14H21BN2O4S. The number of rotatable bonds is 4. The number of thiol groups is 1. The lowest BCUT2D eigenvalue weighted by Gasteiger charge is -2.32. The second kappa shape index (κ2) is 6.10. The van der Waals surface area contributed by atoms with Gasteiger partial charge in [-0.15, -0.1) is 0 Å². The molecule has 22 heavy (non-hydrogen) atoms. The summed E-state index contributed by atoms with van der Waals surface area (Å²) in [6.07, 6.45) is 3.35. The largest absolute Gasteiger partial charge is 0.491 e. The number of ether oxygens (including phenoxy) is 1. The summed E-state index contributed by atoms with van der Waals surface area (Å²) in [7, 11) is 0.813. The summed E-state index contributed by atoms with van der Waals surface area (Å²) >= 11 is 4.35. The van der Waals surface area contributed by atoms with Crippen LogP contribution < -0.4 is 0 Å². The summed E-state index contributed by atoms with van der Waals surface area (Å²) in [5.74, 6) is -0.0426. The Bertz CT molecular complexity index is 581. The number of hydrogen-bond donors (Lipinski definition) is 2. The molecule has 0 radical (unpaired) electrons. The van der Waals surface area contributed by atoms with Gasteiger partial charge in [-0.05, 0) is 33.2 Å². The molecule has 2 heterocycles. The quantitative estimate of drug-likeness (QED) is 0.504. The molecule has 2 rings (SSSR count). The van der Waals surface area contributed by atoms with E-state index < -0.39 is 24.3 Å². The second-order valence-corrected chi connectivity index (χ2v) is 6.47. The van der Waals surface area contributed by atoms with Crippen molar-refractivity contribution in [3.63, 3.8) is 0 Å². The zero-order chi connectivity index (χ0) is 16.5. The molecule has 0 spiro atoms. The number of carbonyl (C=O) groups excluding carboxylic acids is 1. The molecule has 1 saturated heterocycles. The van der Waals surface area contributed by atoms with Gasteiger partial charge in [0.05, 0.1) is 24.5 Å². The number of hydrogen-bond acceptors (Lipinski definition) is 6. The highest BCUT2D eigenvalue weighted by atomic mass is 32.1. The van der Waals surface area contributed by atoms with Crippen molar-refractivity contribution in [3.05, 3.63) is 22.9 Å². The van der Waals surface area contributed by atoms with Gasteiger partial charge in [-0.1, -0.05) is 6.08 Å². The van der Waals surface area contributed by atoms with Crippen LogP contribution in [0.15, 0.2) is 11.7 Å². The molecule has 0 amide bonds. The molecule has 0 unspecified atom stereocenters. The lowest BCUT2D eigenvalue weighted by molar-refractivity contribution is 0.00578. The average Bonchev–Trinajstić information content (AvgIpc) is 2.97. The van der Waals surface area contributed by atoms with Crippen LogP contribution in [0.2, 0.25) is 0 Å². The van der Waals surface area contributed by atoms with Crippen molar-refractivity contribution in [2.75, 3.05) is 12.9 Å². The molecule has 120 valence electrons. The number of H-pyrrole nitrogens is 1. The van der Waals surface area contributed by atoms with Crippen LogP contribution in [0.25, 0.3) is 6.08 Å². The highest BCUT2D eigenvalue weighted by Gasteiger charge is 2.52. The first-order valence-corrected chi connectivity index (χ1v) is 7.63. The minimum absolute atomic E-state index is 0.290. The molecule has 0 bridgehead atoms. The Hall–Kier alpha value is -1.25. The van der Waals surface area contributed by atoms with Gasteiger partial charge in [0.1, 0.15) is 0 Å². The van der Waals surface area contributed by atoms with E-state index in [9.17, 15) is 4.79 Å². The lowest BCUT2D eigenvalue weighted by atomic mass is 9.78. The normalized spacial score (nSPS) is 20.3. The van der Waals surface area contributed by atoms with Crippen molar-refractivity contribution in [1.29, 1.82) is 0 Å². The van der Waals surface area contributed by atoms with E-state index >= 15 is 0 Å². The molecule has 0 atom stereocenters. The van der Waals surface area contributed by atoms with Crippen molar-refractivity contribution in [3.8, 4) is 0 Å². The molecule has 0 saturated carbocycles. The van der Waals surface area contributed by atoms with E-state index in [0.29, 0.717) is 17.0 Å². The van der Waals surface area contributed by atoms with E-state index in [0.717, 1.165) is 5.47 Å². The molecule has 1 N–H and O–H groups in total. The van der Waals surface area contributed by atoms with Gasteiger partial charge in [0.25, 0.3) is 0 Å². The first-order chi connectivity index (χ1) is 10.2. The third kappa shape index (κ3) is 3.09. The van der Waals surface area contributed by atoms with Crippen molar-refractivity contribution in [2.24, 2.45) is 0 Å². The number of aromatic nitrogens is 2. The Labute approximate surface area is 136 Å². The van der Waals surface area contributed by atoms with Gasteiger partial charge in [-0.2, -0.15) is 17.7 Å². The highest BCUT2D eigenvalue weighted by molar-refractivity contribution is 7.80. The number of esters is 1. The Morgan fingerprint density at radius 1 is 1.41 bits per heavy atom. The first kappa shape index (κ1) is 17.1. The minimum Gasteiger partial charge on any atom is -0.464 e.